The highest BCUT2D eigenvalue weighted by Crippen LogP contribution is 2.44. The zero-order valence-electron chi connectivity index (χ0n) is 27.2. The monoisotopic (exact) mass is 614 g/mol. The van der Waals surface area contributed by atoms with Gasteiger partial charge in [-0.05, 0) is 117 Å². The van der Waals surface area contributed by atoms with Gasteiger partial charge in [0.05, 0.1) is 30.7 Å². The largest absolute Gasteiger partial charge is 0.493 e. The van der Waals surface area contributed by atoms with Crippen LogP contribution in [-0.2, 0) is 11.2 Å². The van der Waals surface area contributed by atoms with Gasteiger partial charge in [-0.2, -0.15) is 0 Å². The number of likely N-dealkylation sites (tertiary alicyclic amines) is 1. The summed E-state index contributed by atoms with van der Waals surface area (Å²) in [5.41, 5.74) is 4.87. The van der Waals surface area contributed by atoms with Gasteiger partial charge in [-0.1, -0.05) is 63.4 Å². The molecular formula is C38H47ClN2O3. The fourth-order valence-corrected chi connectivity index (χ4v) is 7.21. The number of nitrogens with zero attached hydrogens (tertiary/aromatic N) is 2. The van der Waals surface area contributed by atoms with E-state index >= 15 is 0 Å². The Balaban J connectivity index is 1.45. The molecule has 44 heavy (non-hydrogen) atoms. The van der Waals surface area contributed by atoms with Crippen LogP contribution in [0.15, 0.2) is 48.5 Å². The lowest BCUT2D eigenvalue weighted by Gasteiger charge is -2.39. The van der Waals surface area contributed by atoms with Crippen molar-refractivity contribution in [1.29, 1.82) is 0 Å². The molecule has 0 saturated carbocycles. The van der Waals surface area contributed by atoms with Crippen LogP contribution in [-0.4, -0.2) is 37.1 Å². The normalized spacial score (nSPS) is 19.0. The molecule has 5 rings (SSSR count). The first-order chi connectivity index (χ1) is 21.3. The Morgan fingerprint density at radius 2 is 1.64 bits per heavy atom. The lowest BCUT2D eigenvalue weighted by atomic mass is 9.81. The Morgan fingerprint density at radius 1 is 0.932 bits per heavy atom. The summed E-state index contributed by atoms with van der Waals surface area (Å²) in [5.74, 6) is 3.03. The number of fused-ring (bicyclic) bond motifs is 1. The number of benzene rings is 2. The maximum atomic E-state index is 13.9. The van der Waals surface area contributed by atoms with Gasteiger partial charge < -0.3 is 9.47 Å². The van der Waals surface area contributed by atoms with Crippen molar-refractivity contribution in [3.63, 3.8) is 0 Å². The van der Waals surface area contributed by atoms with Gasteiger partial charge >= 0.3 is 0 Å². The van der Waals surface area contributed by atoms with Gasteiger partial charge in [0.2, 0.25) is 5.91 Å². The summed E-state index contributed by atoms with van der Waals surface area (Å²) in [6, 6.07) is 22.5. The zero-order valence-corrected chi connectivity index (χ0v) is 27.9. The Labute approximate surface area is 269 Å². The number of rotatable bonds is 11. The molecule has 0 aliphatic carbocycles. The van der Waals surface area contributed by atoms with Gasteiger partial charge in [-0.25, -0.2) is 0 Å². The van der Waals surface area contributed by atoms with Crippen LogP contribution in [0.1, 0.15) is 101 Å². The quantitative estimate of drug-likeness (QED) is 0.216. The lowest BCUT2D eigenvalue weighted by Crippen LogP contribution is -2.41. The van der Waals surface area contributed by atoms with E-state index in [9.17, 15) is 4.79 Å². The van der Waals surface area contributed by atoms with Crippen LogP contribution in [0.5, 0.6) is 11.5 Å². The zero-order chi connectivity index (χ0) is 31.4. The van der Waals surface area contributed by atoms with Gasteiger partial charge in [0, 0.05) is 17.3 Å². The van der Waals surface area contributed by atoms with Crippen LogP contribution >= 0.6 is 11.6 Å². The molecule has 2 aliphatic rings. The van der Waals surface area contributed by atoms with E-state index in [1.54, 1.807) is 7.11 Å². The molecule has 6 heteroatoms. The topological polar surface area (TPSA) is 42.0 Å². The summed E-state index contributed by atoms with van der Waals surface area (Å²) in [6.45, 7) is 13.4. The summed E-state index contributed by atoms with van der Waals surface area (Å²) in [7, 11) is 1.64. The fourth-order valence-electron chi connectivity index (χ4n) is 7.10. The van der Waals surface area contributed by atoms with Crippen LogP contribution in [0.3, 0.4) is 0 Å². The molecule has 0 spiro atoms. The molecule has 2 heterocycles. The van der Waals surface area contributed by atoms with Crippen LogP contribution < -0.4 is 14.4 Å². The minimum Gasteiger partial charge on any atom is -0.493 e. The molecule has 0 radical (unpaired) electrons. The van der Waals surface area contributed by atoms with Crippen molar-refractivity contribution in [3.05, 3.63) is 87.9 Å². The predicted octanol–water partition coefficient (Wildman–Crippen LogP) is 9.01. The average Bonchev–Trinajstić information content (AvgIpc) is 3.05. The minimum absolute atomic E-state index is 0.0211. The molecule has 1 fully saturated rings. The Hall–Kier alpha value is -3.20. The smallest absolute Gasteiger partial charge is 0.232 e. The van der Waals surface area contributed by atoms with Gasteiger partial charge in [0.15, 0.2) is 11.5 Å². The Morgan fingerprint density at radius 3 is 2.23 bits per heavy atom. The molecule has 234 valence electrons. The molecule has 3 unspecified atom stereocenters. The predicted molar refractivity (Wildman–Crippen MR) is 179 cm³/mol. The van der Waals surface area contributed by atoms with E-state index in [1.165, 1.54) is 31.2 Å². The maximum Gasteiger partial charge on any atom is 0.232 e. The highest BCUT2D eigenvalue weighted by molar-refractivity contribution is 6.30. The third-order valence-corrected chi connectivity index (χ3v) is 10.2. The van der Waals surface area contributed by atoms with Crippen molar-refractivity contribution in [1.82, 2.24) is 4.90 Å². The molecular weight excluding hydrogens is 568 g/mol. The van der Waals surface area contributed by atoms with Crippen molar-refractivity contribution in [2.75, 3.05) is 25.1 Å². The first kappa shape index (κ1) is 32.2. The van der Waals surface area contributed by atoms with E-state index in [1.807, 2.05) is 36.1 Å². The van der Waals surface area contributed by atoms with E-state index in [4.69, 9.17) is 21.1 Å². The number of hydrogen-bond donors (Lipinski definition) is 0. The van der Waals surface area contributed by atoms with Crippen molar-refractivity contribution in [2.24, 2.45) is 11.8 Å². The highest BCUT2D eigenvalue weighted by Gasteiger charge is 2.36. The van der Waals surface area contributed by atoms with Gasteiger partial charge in [-0.3, -0.25) is 14.6 Å². The molecule has 0 aromatic heterocycles. The average molecular weight is 615 g/mol. The molecule has 3 aromatic rings. The third-order valence-electron chi connectivity index (χ3n) is 10.0. The first-order valence-electron chi connectivity index (χ1n) is 16.4. The van der Waals surface area contributed by atoms with E-state index in [0.29, 0.717) is 22.6 Å². The molecule has 5 nitrogen and oxygen atoms in total. The van der Waals surface area contributed by atoms with E-state index in [2.05, 4.69) is 69.0 Å². The highest BCUT2D eigenvalue weighted by atomic mass is 35.5. The molecule has 2 aliphatic heterocycles. The van der Waals surface area contributed by atoms with Gasteiger partial charge in [0.1, 0.15) is 0 Å². The number of hydrogen-bond acceptors (Lipinski definition) is 4. The van der Waals surface area contributed by atoms with E-state index < -0.39 is 6.04 Å². The summed E-state index contributed by atoms with van der Waals surface area (Å²) < 4.78 is 12.0. The summed E-state index contributed by atoms with van der Waals surface area (Å²) >= 11 is 6.21. The standard InChI is InChI=1S/C38H47ClN2O3/c1-7-25(4)44-36-24-34-31(22-35(36)43-6)23-37(42)41(38(34)30-10-14-32(39)15-11-30)33-16-12-28(13-17-33)26(5)40-20-18-29(19-21-40)27(8-2)9-3/h10,12-14,16-17,22,24-27,29,38H,7-9,18-21,23H2,1-6H3. The van der Waals surface area contributed by atoms with E-state index in [-0.39, 0.29) is 18.4 Å². The SMILES string of the molecule is CCC(C)Oc1cc2c(cc1OC)CC(=O)N(c1ccc(C(C)N3CCC(C(CC)CC)CC3)cc1)C2c1c#cc(Cl)cc1. The van der Waals surface area contributed by atoms with Crippen molar-refractivity contribution in [2.45, 2.75) is 91.3 Å². The van der Waals surface area contributed by atoms with Crippen LogP contribution in [0.4, 0.5) is 5.69 Å². The number of ether oxygens (including phenoxy) is 2. The number of amides is 1. The van der Waals surface area contributed by atoms with Gasteiger partial charge in [-0.15, -0.1) is 0 Å². The Kier molecular flexibility index (Phi) is 10.4. The molecule has 3 aromatic carbocycles. The maximum absolute atomic E-state index is 13.9. The second-order valence-electron chi connectivity index (χ2n) is 12.5. The summed E-state index contributed by atoms with van der Waals surface area (Å²) in [6.07, 6.45) is 6.29. The number of piperidine rings is 1. The van der Waals surface area contributed by atoms with Crippen molar-refractivity contribution < 1.29 is 14.3 Å². The molecule has 1 saturated heterocycles. The second-order valence-corrected chi connectivity index (χ2v) is 12.9. The lowest BCUT2D eigenvalue weighted by molar-refractivity contribution is -0.118. The number of halogens is 1. The fraction of sp³-hybridized carbons (Fsp3) is 0.500. The van der Waals surface area contributed by atoms with Crippen molar-refractivity contribution in [3.8, 4) is 11.5 Å². The van der Waals surface area contributed by atoms with Gasteiger partial charge in [0.25, 0.3) is 0 Å². The summed E-state index contributed by atoms with van der Waals surface area (Å²) in [5, 5.41) is 0.487. The van der Waals surface area contributed by atoms with Crippen molar-refractivity contribution >= 4 is 23.2 Å². The minimum atomic E-state index is -0.405. The number of anilines is 1. The Bertz CT molecular complexity index is 1390. The number of carbonyl (C=O) groups excluding carboxylic acids is 1. The summed E-state index contributed by atoms with van der Waals surface area (Å²) in [4.78, 5) is 18.4. The van der Waals surface area contributed by atoms with Crippen LogP contribution in [0, 0.1) is 24.0 Å². The number of methoxy groups -OCH3 is 1. The van der Waals surface area contributed by atoms with Crippen LogP contribution in [0.25, 0.3) is 0 Å². The third kappa shape index (κ3) is 6.72. The number of carbonyl (C=O) groups is 1. The van der Waals surface area contributed by atoms with Crippen LogP contribution in [0.2, 0.25) is 5.02 Å². The molecule has 0 N–H and O–H groups in total. The first-order valence-corrected chi connectivity index (χ1v) is 16.8. The molecule has 3 atom stereocenters. The molecule has 0 bridgehead atoms. The van der Waals surface area contributed by atoms with E-state index in [0.717, 1.165) is 53.7 Å². The second kappa shape index (κ2) is 14.3. The molecule has 1 amide bonds.